The summed E-state index contributed by atoms with van der Waals surface area (Å²) in [7, 11) is 0. The molecule has 35 heavy (non-hydrogen) atoms. The third-order valence-corrected chi connectivity index (χ3v) is 6.05. The first-order chi connectivity index (χ1) is 16.9. The van der Waals surface area contributed by atoms with Gasteiger partial charge in [0, 0.05) is 25.2 Å². The van der Waals surface area contributed by atoms with Crippen molar-refractivity contribution in [3.05, 3.63) is 48.3 Å². The van der Waals surface area contributed by atoms with E-state index in [0.717, 1.165) is 43.9 Å². The van der Waals surface area contributed by atoms with Crippen molar-refractivity contribution < 1.29 is 19.0 Å². The standard InChI is InChI=1S/C25H37FN6O3/c1-3-10-35-25-23(32-8-11-34-12-9-32)14-19(15-29-25)31-24(28)18(16-33)13-20(26)17(2)30-22-7-5-4-6-21(22)27/h13-16,21-22,30,33H,2-12,27H2,1H3,(H2,28,31)/b18-16?,20-13+/t21-,22+/m0/s1. The summed E-state index contributed by atoms with van der Waals surface area (Å²) in [4.78, 5) is 10.9. The van der Waals surface area contributed by atoms with Crippen LogP contribution < -0.4 is 26.4 Å². The molecule has 0 unspecified atom stereocenters. The largest absolute Gasteiger partial charge is 0.515 e. The number of rotatable bonds is 10. The van der Waals surface area contributed by atoms with Gasteiger partial charge in [0.25, 0.3) is 0 Å². The van der Waals surface area contributed by atoms with Gasteiger partial charge in [0.1, 0.15) is 17.3 Å². The summed E-state index contributed by atoms with van der Waals surface area (Å²) in [6, 6.07) is 1.72. The summed E-state index contributed by atoms with van der Waals surface area (Å²) in [5, 5.41) is 12.8. The van der Waals surface area contributed by atoms with Crippen LogP contribution in [0.25, 0.3) is 0 Å². The van der Waals surface area contributed by atoms with Crippen LogP contribution >= 0.6 is 0 Å². The van der Waals surface area contributed by atoms with Crippen LogP contribution in [0.2, 0.25) is 0 Å². The molecule has 0 radical (unpaired) electrons. The van der Waals surface area contributed by atoms with Gasteiger partial charge in [-0.2, -0.15) is 0 Å². The van der Waals surface area contributed by atoms with Gasteiger partial charge in [-0.15, -0.1) is 0 Å². The van der Waals surface area contributed by atoms with E-state index in [1.54, 1.807) is 0 Å². The molecule has 2 heterocycles. The summed E-state index contributed by atoms with van der Waals surface area (Å²) in [5.74, 6) is -0.211. The molecule has 2 aliphatic rings. The summed E-state index contributed by atoms with van der Waals surface area (Å²) in [5.41, 5.74) is 13.6. The molecule has 3 rings (SSSR count). The molecular weight excluding hydrogens is 451 g/mol. The van der Waals surface area contributed by atoms with E-state index in [1.807, 2.05) is 13.0 Å². The highest BCUT2D eigenvalue weighted by molar-refractivity contribution is 6.01. The second-order valence-electron chi connectivity index (χ2n) is 8.72. The Balaban J connectivity index is 1.77. The molecule has 10 heteroatoms. The van der Waals surface area contributed by atoms with E-state index >= 15 is 0 Å². The normalized spacial score (nSPS) is 22.1. The minimum absolute atomic E-state index is 0.0117. The summed E-state index contributed by atoms with van der Waals surface area (Å²) < 4.78 is 26.1. The van der Waals surface area contributed by atoms with Gasteiger partial charge < -0.3 is 36.3 Å². The number of hydrogen-bond donors (Lipinski definition) is 4. The van der Waals surface area contributed by atoms with Crippen molar-refractivity contribution in [2.75, 3.05) is 37.8 Å². The number of nitrogens with one attached hydrogen (secondary N) is 1. The second-order valence-corrected chi connectivity index (χ2v) is 8.72. The summed E-state index contributed by atoms with van der Waals surface area (Å²) in [6.07, 6.45) is 8.05. The molecule has 192 valence electrons. The number of pyridine rings is 1. The number of ether oxygens (including phenoxy) is 2. The molecule has 1 saturated heterocycles. The number of allylic oxidation sites excluding steroid dienone is 1. The fourth-order valence-electron chi connectivity index (χ4n) is 4.07. The van der Waals surface area contributed by atoms with Gasteiger partial charge in [-0.3, -0.25) is 0 Å². The molecule has 2 fully saturated rings. The number of amidine groups is 1. The average molecular weight is 489 g/mol. The Kier molecular flexibility index (Phi) is 9.92. The molecule has 1 aliphatic heterocycles. The number of morpholine rings is 1. The maximum absolute atomic E-state index is 14.8. The van der Waals surface area contributed by atoms with Crippen LogP contribution in [0.15, 0.2) is 53.3 Å². The zero-order chi connectivity index (χ0) is 25.2. The zero-order valence-corrected chi connectivity index (χ0v) is 20.4. The number of aromatic nitrogens is 1. The summed E-state index contributed by atoms with van der Waals surface area (Å²) in [6.45, 7) is 8.94. The molecule has 0 aromatic carbocycles. The maximum atomic E-state index is 14.8. The third-order valence-electron chi connectivity index (χ3n) is 6.05. The maximum Gasteiger partial charge on any atom is 0.237 e. The topological polar surface area (TPSA) is 131 Å². The van der Waals surface area contributed by atoms with E-state index in [9.17, 15) is 9.50 Å². The van der Waals surface area contributed by atoms with Gasteiger partial charge in [-0.25, -0.2) is 14.4 Å². The first kappa shape index (κ1) is 26.5. The van der Waals surface area contributed by atoms with Crippen molar-refractivity contribution in [2.45, 2.75) is 51.1 Å². The quantitative estimate of drug-likeness (QED) is 0.171. The number of aliphatic hydroxyl groups is 1. The van der Waals surface area contributed by atoms with E-state index < -0.39 is 5.83 Å². The van der Waals surface area contributed by atoms with E-state index in [2.05, 4.69) is 26.8 Å². The SMILES string of the molecule is C=C(N[C@@H]1CCCC[C@@H]1N)/C(F)=C\C(=CO)C(N)=Nc1cnc(OCCC)c(N2CCOCC2)c1. The van der Waals surface area contributed by atoms with Gasteiger partial charge in [0.2, 0.25) is 5.88 Å². The molecule has 0 amide bonds. The number of aliphatic hydroxyl groups excluding tert-OH is 1. The number of nitrogens with two attached hydrogens (primary N) is 2. The highest BCUT2D eigenvalue weighted by Crippen LogP contribution is 2.31. The molecule has 1 aromatic rings. The minimum atomic E-state index is -0.656. The Morgan fingerprint density at radius 2 is 2.14 bits per heavy atom. The Morgan fingerprint density at radius 3 is 2.83 bits per heavy atom. The third kappa shape index (κ3) is 7.43. The molecule has 9 nitrogen and oxygen atoms in total. The van der Waals surface area contributed by atoms with Gasteiger partial charge in [-0.1, -0.05) is 26.3 Å². The van der Waals surface area contributed by atoms with Crippen LogP contribution in [0, 0.1) is 0 Å². The first-order valence-corrected chi connectivity index (χ1v) is 12.2. The van der Waals surface area contributed by atoms with Crippen LogP contribution in [0.4, 0.5) is 15.8 Å². The van der Waals surface area contributed by atoms with Gasteiger partial charge in [0.15, 0.2) is 0 Å². The fraction of sp³-hybridized carbons (Fsp3) is 0.520. The lowest BCUT2D eigenvalue weighted by molar-refractivity contribution is 0.122. The van der Waals surface area contributed by atoms with Crippen molar-refractivity contribution >= 4 is 17.2 Å². The summed E-state index contributed by atoms with van der Waals surface area (Å²) >= 11 is 0. The lowest BCUT2D eigenvalue weighted by atomic mass is 9.91. The molecule has 1 saturated carbocycles. The number of anilines is 1. The monoisotopic (exact) mass is 488 g/mol. The van der Waals surface area contributed by atoms with Gasteiger partial charge >= 0.3 is 0 Å². The predicted molar refractivity (Wildman–Crippen MR) is 137 cm³/mol. The lowest BCUT2D eigenvalue weighted by Crippen LogP contribution is -2.46. The Morgan fingerprint density at radius 1 is 1.40 bits per heavy atom. The van der Waals surface area contributed by atoms with Crippen LogP contribution in [-0.4, -0.2) is 60.9 Å². The molecule has 1 aromatic heterocycles. The van der Waals surface area contributed by atoms with Crippen molar-refractivity contribution in [3.8, 4) is 5.88 Å². The number of halogens is 1. The number of hydrogen-bond acceptors (Lipinski definition) is 8. The van der Waals surface area contributed by atoms with Crippen molar-refractivity contribution in [2.24, 2.45) is 16.5 Å². The number of aliphatic imine (C=N–C) groups is 1. The van der Waals surface area contributed by atoms with E-state index in [1.165, 1.54) is 6.20 Å². The average Bonchev–Trinajstić information content (AvgIpc) is 2.88. The van der Waals surface area contributed by atoms with E-state index in [0.29, 0.717) is 50.7 Å². The lowest BCUT2D eigenvalue weighted by Gasteiger charge is -2.30. The predicted octanol–water partition coefficient (Wildman–Crippen LogP) is 3.36. The van der Waals surface area contributed by atoms with Crippen molar-refractivity contribution in [1.82, 2.24) is 10.3 Å². The highest BCUT2D eigenvalue weighted by Gasteiger charge is 2.23. The zero-order valence-electron chi connectivity index (χ0n) is 20.4. The number of nitrogens with zero attached hydrogens (tertiary/aromatic N) is 3. The Labute approximate surface area is 206 Å². The first-order valence-electron chi connectivity index (χ1n) is 12.2. The van der Waals surface area contributed by atoms with Crippen molar-refractivity contribution in [1.29, 1.82) is 0 Å². The molecule has 0 spiro atoms. The van der Waals surface area contributed by atoms with Crippen LogP contribution in [0.3, 0.4) is 0 Å². The van der Waals surface area contributed by atoms with Crippen LogP contribution in [0.5, 0.6) is 5.88 Å². The Hall–Kier alpha value is -3.11. The molecule has 2 atom stereocenters. The smallest absolute Gasteiger partial charge is 0.237 e. The molecule has 6 N–H and O–H groups in total. The fourth-order valence-corrected chi connectivity index (χ4v) is 4.07. The van der Waals surface area contributed by atoms with Crippen LogP contribution in [0.1, 0.15) is 39.0 Å². The van der Waals surface area contributed by atoms with E-state index in [4.69, 9.17) is 20.9 Å². The van der Waals surface area contributed by atoms with Gasteiger partial charge in [0.05, 0.1) is 49.2 Å². The van der Waals surface area contributed by atoms with Crippen molar-refractivity contribution in [3.63, 3.8) is 0 Å². The minimum Gasteiger partial charge on any atom is -0.515 e. The van der Waals surface area contributed by atoms with Crippen LogP contribution in [-0.2, 0) is 4.74 Å². The Bertz CT molecular complexity index is 959. The highest BCUT2D eigenvalue weighted by atomic mass is 19.1. The van der Waals surface area contributed by atoms with Gasteiger partial charge in [-0.05, 0) is 31.4 Å². The molecule has 1 aliphatic carbocycles. The second kappa shape index (κ2) is 13.1. The molecule has 0 bridgehead atoms. The van der Waals surface area contributed by atoms with E-state index in [-0.39, 0.29) is 29.2 Å². The molecular formula is C25H37FN6O3.